The Bertz CT molecular complexity index is 8710. The first-order chi connectivity index (χ1) is 65.9. The monoisotopic (exact) mass is 1590 g/mol. The average Bonchev–Trinajstić information content (AvgIpc) is 1.11. The molecule has 0 nitrogen and oxygen atoms in total. The molecule has 0 rings (SSSR count). The van der Waals surface area contributed by atoms with Crippen LogP contribution in [0.5, 0.6) is 0 Å². The number of hydrogen-bond donors (Lipinski definition) is 0. The van der Waals surface area contributed by atoms with E-state index in [1.165, 1.54) is 0 Å². The van der Waals surface area contributed by atoms with Gasteiger partial charge in [-0.2, -0.15) is 0 Å². The molecular formula is C131H3F. The van der Waals surface area contributed by atoms with Crippen molar-refractivity contribution in [2.24, 2.45) is 0 Å². The van der Waals surface area contributed by atoms with Gasteiger partial charge in [-0.1, -0.05) is 5.92 Å². The Kier molecular flexibility index (Phi) is 80.1. The molecule has 534 valence electrons. The molecule has 0 aliphatic heterocycles. The first-order valence-electron chi connectivity index (χ1n) is 32.9. The van der Waals surface area contributed by atoms with Crippen LogP contribution >= 0.6 is 0 Å². The van der Waals surface area contributed by atoms with Gasteiger partial charge in [0.2, 0.25) is 0 Å². The molecule has 0 unspecified atom stereocenters. The zero-order valence-corrected chi connectivity index (χ0v) is 66.4. The van der Waals surface area contributed by atoms with E-state index < -0.39 is 0 Å². The quantitative estimate of drug-likeness (QED) is 0.320. The highest BCUT2D eigenvalue weighted by Gasteiger charge is 1.70. The van der Waals surface area contributed by atoms with E-state index in [1.807, 2.05) is 5.92 Å². The molecule has 1 heteroatoms. The first kappa shape index (κ1) is 103. The van der Waals surface area contributed by atoms with Crippen LogP contribution in [0.3, 0.4) is 0 Å². The highest BCUT2D eigenvalue weighted by Crippen LogP contribution is 1.71. The molecule has 0 aromatic carbocycles. The van der Waals surface area contributed by atoms with Gasteiger partial charge >= 0.3 is 0 Å². The predicted molar refractivity (Wildman–Crippen MR) is 512 cm³/mol. The maximum Gasteiger partial charge on any atom is 0.119 e. The van der Waals surface area contributed by atoms with Gasteiger partial charge in [0.05, 0.1) is 0 Å². The summed E-state index contributed by atoms with van der Waals surface area (Å²) in [6.07, 6.45) is 1.13. The van der Waals surface area contributed by atoms with Gasteiger partial charge in [0.1, 0.15) is 6.17 Å². The second kappa shape index (κ2) is 102. The number of rotatable bonds is 0. The Morgan fingerprint density at radius 2 is 0.0985 bits per heavy atom. The Morgan fingerprint density at radius 3 is 0.136 bits per heavy atom. The molecule has 0 saturated carbocycles. The molecule has 0 aromatic rings. The van der Waals surface area contributed by atoms with Gasteiger partial charge in [-0.3, -0.25) is 0 Å². The number of hydrogen-bond acceptors (Lipinski definition) is 0. The Balaban J connectivity index is 4.65. The summed E-state index contributed by atoms with van der Waals surface area (Å²) in [5.74, 6) is 321. The van der Waals surface area contributed by atoms with E-state index in [-0.39, 0.29) is 0 Å². The van der Waals surface area contributed by atoms with E-state index in [0.717, 1.165) is 6.17 Å². The van der Waals surface area contributed by atoms with E-state index in [4.69, 9.17) is 0 Å². The normalized spacial score (nSPS) is 3.98. The van der Waals surface area contributed by atoms with E-state index in [9.17, 15) is 4.39 Å². The summed E-state index contributed by atoms with van der Waals surface area (Å²) in [4.78, 5) is 0. The number of halogens is 1. The first-order valence-corrected chi connectivity index (χ1v) is 32.9. The van der Waals surface area contributed by atoms with Gasteiger partial charge < -0.3 is 0 Å². The average molecular weight is 1600 g/mol. The van der Waals surface area contributed by atoms with E-state index in [0.29, 0.717) is 0 Å². The standard InChI is InChI=1S/C131H3F/c1-2-3-4-5-6-7-8-9-10-11-12-13-14-15-16-17-18-19-20-21-22-23-24-25-26-27-28-29-30-31-32-33-34-35-36-37-38-39-40-41-42-43-44-45-46-47-48-49-50-51-52-53-54-55-56-57-58-59-60-61-62-63-64-65-66-67-68-69-70-71-72-73-74-75-76-77-78-79-80-81-82-83-84-85-86-87-88-89-90-91-92-93-94-95-96-97-98-99-100-101-102-103-104-105-106-107-108-109-110-111-112-113-114-115-116-117-118-119-120-121-122-123-124-125-126-127-128-129-130-131-132/h1H3. The molecule has 0 N–H and O–H groups in total. The van der Waals surface area contributed by atoms with Gasteiger partial charge in [-0.05, 0) is 54.3 Å². The van der Waals surface area contributed by atoms with Crippen LogP contribution in [-0.4, -0.2) is 0 Å². The molecule has 0 bridgehead atoms. The molecule has 0 aliphatic rings. The zero-order chi connectivity index (χ0) is 93.9. The highest BCUT2D eigenvalue weighted by molar-refractivity contribution is 5.59. The lowest BCUT2D eigenvalue weighted by molar-refractivity contribution is 0.774. The second-order valence-electron chi connectivity index (χ2n) is 16.3. The molecular weight excluding hydrogens is 1590 g/mol. The van der Waals surface area contributed by atoms with E-state index >= 15 is 0 Å². The lowest BCUT2D eigenvalue weighted by Gasteiger charge is -1.58. The van der Waals surface area contributed by atoms with Crippen molar-refractivity contribution in [3.8, 4) is 770 Å². The van der Waals surface area contributed by atoms with Crippen LogP contribution in [0.1, 0.15) is 6.92 Å². The molecule has 0 saturated heterocycles. The summed E-state index contributed by atoms with van der Waals surface area (Å²) in [5.41, 5.74) is 0. The summed E-state index contributed by atoms with van der Waals surface area (Å²) < 4.78 is 11.5. The SMILES string of the molecule is CC#CC#CC#CC#CC#CC#CC#CC#CC#CC#CC#CC#CC#CC#CC#CC#CC#CC#CC#CC#CC#CC#CC#CC#CC#CC#CC#CC#CC#CC#CC#CC#CC#CC#CC#CC#CC#CC#CC#CC#CC#CC#CC#CC#CC#CC#CC#CC#CC#CC#CC#CC#CC#CC#CC#CC#CC#CC#CC#CC#CC#CC#CC#CC#CC#CF. The van der Waals surface area contributed by atoms with Crippen LogP contribution in [0.15, 0.2) is 0 Å². The van der Waals surface area contributed by atoms with Crippen molar-refractivity contribution in [3.05, 3.63) is 0 Å². The van der Waals surface area contributed by atoms with Gasteiger partial charge in [0.25, 0.3) is 0 Å². The minimum absolute atomic E-state index is 1.13. The molecule has 132 heavy (non-hydrogen) atoms. The molecule has 0 heterocycles. The van der Waals surface area contributed by atoms with E-state index in [2.05, 4.69) is 758 Å². The van der Waals surface area contributed by atoms with Crippen LogP contribution in [0, 0.1) is 770 Å². The molecule has 0 aliphatic carbocycles. The summed E-state index contributed by atoms with van der Waals surface area (Å²) in [6, 6.07) is 0. The van der Waals surface area contributed by atoms with Crippen molar-refractivity contribution < 1.29 is 4.39 Å². The summed E-state index contributed by atoms with van der Waals surface area (Å²) >= 11 is 0. The van der Waals surface area contributed by atoms with Crippen molar-refractivity contribution in [1.29, 1.82) is 0 Å². The third-order valence-electron chi connectivity index (χ3n) is 8.11. The van der Waals surface area contributed by atoms with Crippen LogP contribution in [-0.2, 0) is 0 Å². The minimum atomic E-state index is 1.13. The lowest BCUT2D eigenvalue weighted by Crippen LogP contribution is -1.57. The molecule has 0 radical (unpaired) electrons. The molecule has 0 aromatic heterocycles. The van der Waals surface area contributed by atoms with Crippen molar-refractivity contribution in [2.75, 3.05) is 0 Å². The lowest BCUT2D eigenvalue weighted by atomic mass is 10.4. The fourth-order valence-corrected chi connectivity index (χ4v) is 4.02. The molecule has 0 amide bonds. The van der Waals surface area contributed by atoms with Crippen molar-refractivity contribution in [2.45, 2.75) is 6.92 Å². The zero-order valence-electron chi connectivity index (χ0n) is 66.4. The minimum Gasteiger partial charge on any atom is -0.143 e. The highest BCUT2D eigenvalue weighted by atomic mass is 19.1. The van der Waals surface area contributed by atoms with Gasteiger partial charge in [0, 0.05) is 710 Å². The fourth-order valence-electron chi connectivity index (χ4n) is 4.02. The Labute approximate surface area is 775 Å². The van der Waals surface area contributed by atoms with Crippen LogP contribution < -0.4 is 0 Å². The summed E-state index contributed by atoms with van der Waals surface area (Å²) in [5, 5.41) is 0. The van der Waals surface area contributed by atoms with Crippen molar-refractivity contribution in [1.82, 2.24) is 0 Å². The van der Waals surface area contributed by atoms with Gasteiger partial charge in [0.15, 0.2) is 0 Å². The van der Waals surface area contributed by atoms with Crippen LogP contribution in [0.2, 0.25) is 0 Å². The van der Waals surface area contributed by atoms with Crippen LogP contribution in [0.4, 0.5) is 4.39 Å². The van der Waals surface area contributed by atoms with Crippen molar-refractivity contribution in [3.63, 3.8) is 0 Å². The van der Waals surface area contributed by atoms with Gasteiger partial charge in [-0.15, -0.1) is 4.39 Å². The Morgan fingerprint density at radius 1 is 0.0606 bits per heavy atom. The fraction of sp³-hybridized carbons (Fsp3) is 0.00763. The second-order valence-corrected chi connectivity index (χ2v) is 16.3. The summed E-state index contributed by atoms with van der Waals surface area (Å²) in [6.45, 7) is 1.68. The molecule has 0 fully saturated rings. The largest absolute Gasteiger partial charge is 0.143 e. The smallest absolute Gasteiger partial charge is 0.119 e. The Hall–Kier alpha value is -28.7. The van der Waals surface area contributed by atoms with Crippen molar-refractivity contribution >= 4 is 0 Å². The summed E-state index contributed by atoms with van der Waals surface area (Å²) in [7, 11) is 0. The predicted octanol–water partition coefficient (Wildman–Crippen LogP) is 1.15. The maximum absolute atomic E-state index is 11.5. The molecule has 0 atom stereocenters. The third-order valence-corrected chi connectivity index (χ3v) is 8.11. The topological polar surface area (TPSA) is 0 Å². The van der Waals surface area contributed by atoms with E-state index in [1.54, 1.807) is 6.92 Å². The van der Waals surface area contributed by atoms with Crippen LogP contribution in [0.25, 0.3) is 0 Å². The maximum atomic E-state index is 11.5. The van der Waals surface area contributed by atoms with Gasteiger partial charge in [-0.25, -0.2) is 0 Å². The molecule has 0 spiro atoms. The third kappa shape index (κ3) is 101.